The number of carbonyl (C=O) groups is 1. The molecule has 172 valence electrons. The first-order valence-electron chi connectivity index (χ1n) is 11.8. The molecule has 1 fully saturated rings. The quantitative estimate of drug-likeness (QED) is 0.318. The van der Waals surface area contributed by atoms with Gasteiger partial charge in [0, 0.05) is 34.3 Å². The number of anilines is 1. The Labute approximate surface area is 205 Å². The second kappa shape index (κ2) is 10.00. The van der Waals surface area contributed by atoms with E-state index in [-0.39, 0.29) is 5.91 Å². The lowest BCUT2D eigenvalue weighted by atomic mass is 10.0. The molecule has 2 heterocycles. The molecule has 0 unspecified atom stereocenters. The lowest BCUT2D eigenvalue weighted by Crippen LogP contribution is -2.18. The molecule has 0 saturated carbocycles. The molecule has 0 atom stereocenters. The first kappa shape index (κ1) is 22.6. The Kier molecular flexibility index (Phi) is 6.66. The summed E-state index contributed by atoms with van der Waals surface area (Å²) in [5.74, 6) is -0.114. The number of rotatable bonds is 6. The van der Waals surface area contributed by atoms with E-state index < -0.39 is 0 Å². The highest BCUT2D eigenvalue weighted by atomic mass is 32.2. The van der Waals surface area contributed by atoms with Crippen LogP contribution in [0.15, 0.2) is 77.8 Å². The Balaban J connectivity index is 1.30. The Morgan fingerprint density at radius 2 is 1.65 bits per heavy atom. The minimum atomic E-state index is -0.114. The van der Waals surface area contributed by atoms with Crippen molar-refractivity contribution < 1.29 is 4.79 Å². The van der Waals surface area contributed by atoms with E-state index in [1.807, 2.05) is 43.5 Å². The largest absolute Gasteiger partial charge is 0.322 e. The third-order valence-corrected chi connectivity index (χ3v) is 7.33. The molecule has 1 aliphatic heterocycles. The molecular formula is C29H29N3OS. The Hall–Kier alpha value is -3.15. The minimum absolute atomic E-state index is 0.114. The van der Waals surface area contributed by atoms with E-state index in [4.69, 9.17) is 4.98 Å². The van der Waals surface area contributed by atoms with Gasteiger partial charge in [-0.25, -0.2) is 0 Å². The SMILES string of the molecule is CSc1ccc(-c2ccc(C(=O)Nc3ccc4cc(CN5CCCC5)cnc4c3C)cc2)cc1. The first-order valence-corrected chi connectivity index (χ1v) is 13.0. The fourth-order valence-electron chi connectivity index (χ4n) is 4.61. The molecule has 5 rings (SSSR count). The highest BCUT2D eigenvalue weighted by Crippen LogP contribution is 2.27. The molecule has 3 aromatic carbocycles. The van der Waals surface area contributed by atoms with Gasteiger partial charge in [-0.05, 0) is 97.8 Å². The van der Waals surface area contributed by atoms with Crippen molar-refractivity contribution in [3.05, 3.63) is 89.6 Å². The van der Waals surface area contributed by atoms with Crippen LogP contribution in [0.4, 0.5) is 5.69 Å². The van der Waals surface area contributed by atoms with Crippen molar-refractivity contribution in [1.82, 2.24) is 9.88 Å². The van der Waals surface area contributed by atoms with Crippen LogP contribution >= 0.6 is 11.8 Å². The lowest BCUT2D eigenvalue weighted by Gasteiger charge is -2.15. The van der Waals surface area contributed by atoms with E-state index >= 15 is 0 Å². The monoisotopic (exact) mass is 467 g/mol. The second-order valence-corrected chi connectivity index (χ2v) is 9.78. The van der Waals surface area contributed by atoms with Crippen molar-refractivity contribution in [3.63, 3.8) is 0 Å². The van der Waals surface area contributed by atoms with Crippen LogP contribution in [-0.4, -0.2) is 35.1 Å². The Morgan fingerprint density at radius 1 is 0.971 bits per heavy atom. The van der Waals surface area contributed by atoms with Gasteiger partial charge in [0.15, 0.2) is 0 Å². The predicted molar refractivity (Wildman–Crippen MR) is 143 cm³/mol. The van der Waals surface area contributed by atoms with Crippen LogP contribution in [0.2, 0.25) is 0 Å². The summed E-state index contributed by atoms with van der Waals surface area (Å²) >= 11 is 1.73. The van der Waals surface area contributed by atoms with Crippen LogP contribution < -0.4 is 5.32 Å². The number of pyridine rings is 1. The lowest BCUT2D eigenvalue weighted by molar-refractivity contribution is 0.102. The number of aromatic nitrogens is 1. The normalized spacial score (nSPS) is 13.9. The number of hydrogen-bond acceptors (Lipinski definition) is 4. The summed E-state index contributed by atoms with van der Waals surface area (Å²) in [4.78, 5) is 21.4. The number of likely N-dealkylation sites (tertiary alicyclic amines) is 1. The summed E-state index contributed by atoms with van der Waals surface area (Å²) < 4.78 is 0. The van der Waals surface area contributed by atoms with Gasteiger partial charge < -0.3 is 5.32 Å². The van der Waals surface area contributed by atoms with E-state index in [9.17, 15) is 4.79 Å². The highest BCUT2D eigenvalue weighted by molar-refractivity contribution is 7.98. The average molecular weight is 468 g/mol. The summed E-state index contributed by atoms with van der Waals surface area (Å²) in [6.45, 7) is 5.32. The van der Waals surface area contributed by atoms with Gasteiger partial charge in [0.05, 0.1) is 5.52 Å². The summed E-state index contributed by atoms with van der Waals surface area (Å²) in [6, 6.07) is 22.5. The molecule has 1 aromatic heterocycles. The van der Waals surface area contributed by atoms with Crippen molar-refractivity contribution in [2.24, 2.45) is 0 Å². The number of nitrogens with one attached hydrogen (secondary N) is 1. The molecule has 1 aliphatic rings. The summed E-state index contributed by atoms with van der Waals surface area (Å²) in [7, 11) is 0. The number of fused-ring (bicyclic) bond motifs is 1. The zero-order valence-electron chi connectivity index (χ0n) is 19.7. The topological polar surface area (TPSA) is 45.2 Å². The van der Waals surface area contributed by atoms with Gasteiger partial charge in [0.25, 0.3) is 5.91 Å². The number of amides is 1. The highest BCUT2D eigenvalue weighted by Gasteiger charge is 2.14. The number of aryl methyl sites for hydroxylation is 1. The fraction of sp³-hybridized carbons (Fsp3) is 0.241. The van der Waals surface area contributed by atoms with E-state index in [1.165, 1.54) is 36.4 Å². The van der Waals surface area contributed by atoms with Gasteiger partial charge in [0.1, 0.15) is 0 Å². The third kappa shape index (κ3) is 4.86. The van der Waals surface area contributed by atoms with Gasteiger partial charge in [0.2, 0.25) is 0 Å². The van der Waals surface area contributed by atoms with Crippen LogP contribution in [0.25, 0.3) is 22.0 Å². The number of thioether (sulfide) groups is 1. The molecule has 34 heavy (non-hydrogen) atoms. The van der Waals surface area contributed by atoms with Gasteiger partial charge in [-0.15, -0.1) is 11.8 Å². The zero-order valence-corrected chi connectivity index (χ0v) is 20.5. The summed E-state index contributed by atoms with van der Waals surface area (Å²) in [5.41, 5.74) is 6.85. The van der Waals surface area contributed by atoms with Crippen LogP contribution in [-0.2, 0) is 6.54 Å². The molecule has 4 nitrogen and oxygen atoms in total. The van der Waals surface area contributed by atoms with Crippen LogP contribution in [0.1, 0.15) is 34.3 Å². The van der Waals surface area contributed by atoms with E-state index in [0.717, 1.165) is 39.8 Å². The molecular weight excluding hydrogens is 438 g/mol. The minimum Gasteiger partial charge on any atom is -0.322 e. The molecule has 0 aliphatic carbocycles. The molecule has 0 spiro atoms. The van der Waals surface area contributed by atoms with Gasteiger partial charge in [-0.2, -0.15) is 0 Å². The van der Waals surface area contributed by atoms with Crippen molar-refractivity contribution in [2.75, 3.05) is 24.7 Å². The molecule has 4 aromatic rings. The Morgan fingerprint density at radius 3 is 2.32 bits per heavy atom. The Bertz CT molecular complexity index is 1310. The summed E-state index contributed by atoms with van der Waals surface area (Å²) in [5, 5.41) is 4.19. The standard InChI is InChI=1S/C29H29N3OS/c1-20-27(14-11-25-17-21(18-30-28(20)25)19-32-15-3-4-16-32)31-29(33)24-7-5-22(6-8-24)23-9-12-26(34-2)13-10-23/h5-14,17-18H,3-4,15-16,19H2,1-2H3,(H,31,33). The number of carbonyl (C=O) groups excluding carboxylic acids is 1. The number of benzene rings is 3. The van der Waals surface area contributed by atoms with E-state index in [1.54, 1.807) is 11.8 Å². The van der Waals surface area contributed by atoms with Crippen LogP contribution in [0, 0.1) is 6.92 Å². The van der Waals surface area contributed by atoms with Crippen molar-refractivity contribution in [1.29, 1.82) is 0 Å². The third-order valence-electron chi connectivity index (χ3n) is 6.59. The van der Waals surface area contributed by atoms with Crippen molar-refractivity contribution in [3.8, 4) is 11.1 Å². The van der Waals surface area contributed by atoms with Gasteiger partial charge in [-0.3, -0.25) is 14.7 Å². The van der Waals surface area contributed by atoms with Gasteiger partial charge >= 0.3 is 0 Å². The van der Waals surface area contributed by atoms with Crippen LogP contribution in [0.5, 0.6) is 0 Å². The van der Waals surface area contributed by atoms with E-state index in [0.29, 0.717) is 5.56 Å². The molecule has 0 radical (unpaired) electrons. The van der Waals surface area contributed by atoms with Crippen molar-refractivity contribution >= 4 is 34.3 Å². The molecule has 1 saturated heterocycles. The summed E-state index contributed by atoms with van der Waals surface area (Å²) in [6.07, 6.45) is 6.63. The smallest absolute Gasteiger partial charge is 0.255 e. The maximum Gasteiger partial charge on any atom is 0.255 e. The predicted octanol–water partition coefficient (Wildman–Crippen LogP) is 6.78. The average Bonchev–Trinajstić information content (AvgIpc) is 3.39. The maximum atomic E-state index is 12.9. The first-order chi connectivity index (χ1) is 16.6. The molecule has 0 bridgehead atoms. The second-order valence-electron chi connectivity index (χ2n) is 8.90. The van der Waals surface area contributed by atoms with E-state index in [2.05, 4.69) is 52.9 Å². The molecule has 1 amide bonds. The molecule has 5 heteroatoms. The number of hydrogen-bond donors (Lipinski definition) is 1. The fourth-order valence-corrected chi connectivity index (χ4v) is 5.01. The molecule has 1 N–H and O–H groups in total. The van der Waals surface area contributed by atoms with Gasteiger partial charge in [-0.1, -0.05) is 30.3 Å². The van der Waals surface area contributed by atoms with Crippen molar-refractivity contribution in [2.45, 2.75) is 31.2 Å². The number of nitrogens with zero attached hydrogens (tertiary/aromatic N) is 2. The van der Waals surface area contributed by atoms with Crippen LogP contribution in [0.3, 0.4) is 0 Å². The maximum absolute atomic E-state index is 12.9. The zero-order chi connectivity index (χ0) is 23.5.